The molecule has 0 bridgehead atoms. The molecule has 0 aliphatic rings. The number of nitrogens with zero attached hydrogens (tertiary/aromatic N) is 1. The van der Waals surface area contributed by atoms with E-state index < -0.39 is 0 Å². The van der Waals surface area contributed by atoms with Gasteiger partial charge in [-0.2, -0.15) is 0 Å². The van der Waals surface area contributed by atoms with Gasteiger partial charge in [0.15, 0.2) is 5.89 Å². The molecule has 2 rings (SSSR count). The summed E-state index contributed by atoms with van der Waals surface area (Å²) in [6.07, 6.45) is 3.40. The molecule has 2 aromatic rings. The largest absolute Gasteiger partial charge is 0.497 e. The quantitative estimate of drug-likeness (QED) is 0.849. The smallest absolute Gasteiger partial charge is 0.220 e. The van der Waals surface area contributed by atoms with Crippen LogP contribution >= 0.6 is 0 Å². The number of methoxy groups -OCH3 is 1. The first-order chi connectivity index (χ1) is 10.2. The van der Waals surface area contributed by atoms with Gasteiger partial charge in [-0.1, -0.05) is 12.1 Å². The second kappa shape index (κ2) is 7.47. The van der Waals surface area contributed by atoms with Gasteiger partial charge >= 0.3 is 0 Å². The Morgan fingerprint density at radius 3 is 2.95 bits per heavy atom. The zero-order valence-electron chi connectivity index (χ0n) is 12.4. The Morgan fingerprint density at radius 2 is 2.24 bits per heavy atom. The van der Waals surface area contributed by atoms with Gasteiger partial charge in [0.25, 0.3) is 0 Å². The van der Waals surface area contributed by atoms with Crippen LogP contribution in [0, 0.1) is 6.92 Å². The Labute approximate surface area is 124 Å². The van der Waals surface area contributed by atoms with Crippen molar-refractivity contribution in [3.63, 3.8) is 0 Å². The van der Waals surface area contributed by atoms with E-state index in [-0.39, 0.29) is 5.91 Å². The number of hydrogen-bond acceptors (Lipinski definition) is 4. The van der Waals surface area contributed by atoms with E-state index in [0.717, 1.165) is 23.4 Å². The van der Waals surface area contributed by atoms with Gasteiger partial charge in [-0.05, 0) is 24.1 Å². The summed E-state index contributed by atoms with van der Waals surface area (Å²) in [5.74, 6) is 1.49. The number of oxazole rings is 1. The van der Waals surface area contributed by atoms with Crippen LogP contribution < -0.4 is 10.1 Å². The van der Waals surface area contributed by atoms with Crippen LogP contribution in [0.3, 0.4) is 0 Å². The lowest BCUT2D eigenvalue weighted by Crippen LogP contribution is -2.25. The van der Waals surface area contributed by atoms with E-state index in [1.807, 2.05) is 24.3 Å². The number of nitrogens with one attached hydrogen (secondary N) is 1. The average molecular weight is 288 g/mol. The standard InChI is InChI=1S/C16H20N2O3/c1-12-18-14(11-21-12)6-7-16(19)17-9-8-13-4-3-5-15(10-13)20-2/h3-5,10-11H,6-9H2,1-2H3,(H,17,19). The van der Waals surface area contributed by atoms with Crippen LogP contribution in [-0.2, 0) is 17.6 Å². The molecule has 0 saturated heterocycles. The minimum Gasteiger partial charge on any atom is -0.497 e. The van der Waals surface area contributed by atoms with Gasteiger partial charge in [0.05, 0.1) is 12.8 Å². The number of carbonyl (C=O) groups excluding carboxylic acids is 1. The number of benzene rings is 1. The van der Waals surface area contributed by atoms with Crippen molar-refractivity contribution < 1.29 is 13.9 Å². The fraction of sp³-hybridized carbons (Fsp3) is 0.375. The zero-order chi connectivity index (χ0) is 15.1. The first-order valence-electron chi connectivity index (χ1n) is 6.98. The highest BCUT2D eigenvalue weighted by atomic mass is 16.5. The van der Waals surface area contributed by atoms with Crippen molar-refractivity contribution in [3.8, 4) is 5.75 Å². The first-order valence-corrected chi connectivity index (χ1v) is 6.98. The molecule has 1 aromatic heterocycles. The normalized spacial score (nSPS) is 10.4. The summed E-state index contributed by atoms with van der Waals surface area (Å²) in [7, 11) is 1.65. The molecule has 0 aliphatic carbocycles. The molecule has 5 nitrogen and oxygen atoms in total. The molecule has 1 aromatic carbocycles. The molecule has 0 saturated carbocycles. The highest BCUT2D eigenvalue weighted by Gasteiger charge is 2.05. The Hall–Kier alpha value is -2.30. The summed E-state index contributed by atoms with van der Waals surface area (Å²) < 4.78 is 10.3. The molecule has 1 heterocycles. The van der Waals surface area contributed by atoms with Crippen LogP contribution in [0.25, 0.3) is 0 Å². The van der Waals surface area contributed by atoms with Crippen LogP contribution in [0.1, 0.15) is 23.6 Å². The van der Waals surface area contributed by atoms with Crippen LogP contribution in [0.2, 0.25) is 0 Å². The lowest BCUT2D eigenvalue weighted by atomic mass is 10.1. The third-order valence-electron chi connectivity index (χ3n) is 3.14. The highest BCUT2D eigenvalue weighted by molar-refractivity contribution is 5.76. The van der Waals surface area contributed by atoms with Gasteiger partial charge in [-0.15, -0.1) is 0 Å². The molecule has 0 aliphatic heterocycles. The number of carbonyl (C=O) groups is 1. The predicted octanol–water partition coefficient (Wildman–Crippen LogP) is 2.28. The van der Waals surface area contributed by atoms with E-state index in [0.29, 0.717) is 25.3 Å². The Balaban J connectivity index is 1.69. The summed E-state index contributed by atoms with van der Waals surface area (Å²) in [5, 5.41) is 2.91. The highest BCUT2D eigenvalue weighted by Crippen LogP contribution is 2.12. The van der Waals surface area contributed by atoms with Crippen molar-refractivity contribution in [2.45, 2.75) is 26.2 Å². The summed E-state index contributed by atoms with van der Waals surface area (Å²) in [5.41, 5.74) is 1.96. The molecule has 21 heavy (non-hydrogen) atoms. The maximum atomic E-state index is 11.7. The third-order valence-corrected chi connectivity index (χ3v) is 3.14. The maximum Gasteiger partial charge on any atom is 0.220 e. The molecular weight excluding hydrogens is 268 g/mol. The number of aromatic nitrogens is 1. The van der Waals surface area contributed by atoms with E-state index in [9.17, 15) is 4.79 Å². The second-order valence-corrected chi connectivity index (χ2v) is 4.81. The van der Waals surface area contributed by atoms with E-state index in [1.54, 1.807) is 20.3 Å². The van der Waals surface area contributed by atoms with Crippen molar-refractivity contribution in [2.75, 3.05) is 13.7 Å². The van der Waals surface area contributed by atoms with Crippen molar-refractivity contribution in [1.82, 2.24) is 10.3 Å². The lowest BCUT2D eigenvalue weighted by Gasteiger charge is -2.06. The van der Waals surface area contributed by atoms with Crippen LogP contribution in [0.15, 0.2) is 34.9 Å². The van der Waals surface area contributed by atoms with E-state index in [2.05, 4.69) is 10.3 Å². The molecule has 0 fully saturated rings. The lowest BCUT2D eigenvalue weighted by molar-refractivity contribution is -0.121. The minimum atomic E-state index is 0.0264. The maximum absolute atomic E-state index is 11.7. The molecule has 5 heteroatoms. The molecule has 0 atom stereocenters. The van der Waals surface area contributed by atoms with Crippen molar-refractivity contribution in [2.24, 2.45) is 0 Å². The number of hydrogen-bond donors (Lipinski definition) is 1. The number of aryl methyl sites for hydroxylation is 2. The van der Waals surface area contributed by atoms with Crippen LogP contribution in [0.5, 0.6) is 5.75 Å². The molecular formula is C16H20N2O3. The number of ether oxygens (including phenoxy) is 1. The molecule has 1 amide bonds. The van der Waals surface area contributed by atoms with Crippen LogP contribution in [0.4, 0.5) is 0 Å². The summed E-state index contributed by atoms with van der Waals surface area (Å²) in [6.45, 7) is 2.40. The number of amides is 1. The van der Waals surface area contributed by atoms with Gasteiger partial charge in [0.2, 0.25) is 5.91 Å². The Bertz CT molecular complexity index is 593. The van der Waals surface area contributed by atoms with Gasteiger partial charge < -0.3 is 14.5 Å². The monoisotopic (exact) mass is 288 g/mol. The fourth-order valence-corrected chi connectivity index (χ4v) is 2.03. The molecule has 112 valence electrons. The Kier molecular flexibility index (Phi) is 5.37. The zero-order valence-corrected chi connectivity index (χ0v) is 12.4. The second-order valence-electron chi connectivity index (χ2n) is 4.81. The van der Waals surface area contributed by atoms with Gasteiger partial charge in [-0.3, -0.25) is 4.79 Å². The minimum absolute atomic E-state index is 0.0264. The number of rotatable bonds is 7. The summed E-state index contributed by atoms with van der Waals surface area (Å²) in [6, 6.07) is 7.85. The van der Waals surface area contributed by atoms with Gasteiger partial charge in [0, 0.05) is 26.3 Å². The van der Waals surface area contributed by atoms with Gasteiger partial charge in [0.1, 0.15) is 12.0 Å². The molecule has 0 spiro atoms. The molecule has 0 unspecified atom stereocenters. The van der Waals surface area contributed by atoms with Crippen molar-refractivity contribution >= 4 is 5.91 Å². The van der Waals surface area contributed by atoms with Crippen molar-refractivity contribution in [1.29, 1.82) is 0 Å². The molecule has 1 N–H and O–H groups in total. The third kappa shape index (κ3) is 4.95. The fourth-order valence-electron chi connectivity index (χ4n) is 2.03. The molecule has 0 radical (unpaired) electrons. The summed E-state index contributed by atoms with van der Waals surface area (Å²) in [4.78, 5) is 15.9. The van der Waals surface area contributed by atoms with Crippen LogP contribution in [-0.4, -0.2) is 24.5 Å². The summed E-state index contributed by atoms with van der Waals surface area (Å²) >= 11 is 0. The topological polar surface area (TPSA) is 64.4 Å². The van der Waals surface area contributed by atoms with E-state index in [1.165, 1.54) is 0 Å². The predicted molar refractivity (Wildman–Crippen MR) is 79.3 cm³/mol. The van der Waals surface area contributed by atoms with E-state index in [4.69, 9.17) is 9.15 Å². The SMILES string of the molecule is COc1cccc(CCNC(=O)CCc2coc(C)n2)c1. The van der Waals surface area contributed by atoms with Crippen molar-refractivity contribution in [3.05, 3.63) is 47.7 Å². The average Bonchev–Trinajstić information content (AvgIpc) is 2.91. The van der Waals surface area contributed by atoms with E-state index >= 15 is 0 Å². The Morgan fingerprint density at radius 1 is 1.38 bits per heavy atom. The van der Waals surface area contributed by atoms with Gasteiger partial charge in [-0.25, -0.2) is 4.98 Å². The first kappa shape index (κ1) is 15.1.